The number of para-hydroxylation sites is 1. The molecule has 2 N–H and O–H groups in total. The summed E-state index contributed by atoms with van der Waals surface area (Å²) in [7, 11) is 0. The van der Waals surface area contributed by atoms with E-state index in [0.717, 1.165) is 5.56 Å². The van der Waals surface area contributed by atoms with Crippen LogP contribution in [0.2, 0.25) is 10.0 Å². The third-order valence-corrected chi connectivity index (χ3v) is 5.05. The first-order chi connectivity index (χ1) is 13.1. The molecule has 0 saturated carbocycles. The maximum absolute atomic E-state index is 11.0. The summed E-state index contributed by atoms with van der Waals surface area (Å²) in [5.74, 6) is -0.0687. The molecule has 0 aliphatic heterocycles. The number of aromatic nitrogens is 2. The topological polar surface area (TPSA) is 48.2 Å². The van der Waals surface area contributed by atoms with E-state index in [9.17, 15) is 10.2 Å². The minimum absolute atomic E-state index is 0.0687. The summed E-state index contributed by atoms with van der Waals surface area (Å²) in [6.07, 6.45) is 0. The molecule has 0 radical (unpaired) electrons. The summed E-state index contributed by atoms with van der Waals surface area (Å²) >= 11 is 12.4. The van der Waals surface area contributed by atoms with Crippen LogP contribution in [0.15, 0.2) is 72.8 Å². The van der Waals surface area contributed by atoms with Gasteiger partial charge in [0.1, 0.15) is 0 Å². The molecule has 1 heterocycles. The quantitative estimate of drug-likeness (QED) is 0.508. The van der Waals surface area contributed by atoms with E-state index in [1.165, 1.54) is 4.57 Å². The van der Waals surface area contributed by atoms with Gasteiger partial charge in [-0.25, -0.2) is 0 Å². The van der Waals surface area contributed by atoms with Gasteiger partial charge >= 0.3 is 11.9 Å². The average molecular weight is 399 g/mol. The Morgan fingerprint density at radius 2 is 1.56 bits per heavy atom. The number of nitrogens with zero attached hydrogens (tertiary/aromatic N) is 2. The molecule has 0 spiro atoms. The van der Waals surface area contributed by atoms with Gasteiger partial charge in [0, 0.05) is 28.8 Å². The van der Waals surface area contributed by atoms with Crippen molar-refractivity contribution in [2.75, 3.05) is 0 Å². The van der Waals surface area contributed by atoms with Gasteiger partial charge in [-0.2, -0.15) is 0 Å². The first kappa shape index (κ1) is 17.6. The van der Waals surface area contributed by atoms with Gasteiger partial charge in [-0.3, -0.25) is 0 Å². The molecule has 0 fully saturated rings. The van der Waals surface area contributed by atoms with Crippen LogP contribution in [-0.2, 0) is 6.54 Å². The van der Waals surface area contributed by atoms with Crippen LogP contribution in [-0.4, -0.2) is 10.2 Å². The highest BCUT2D eigenvalue weighted by Gasteiger charge is 2.35. The molecule has 0 saturated heterocycles. The molecule has 1 aromatic heterocycles. The molecule has 6 heteroatoms. The van der Waals surface area contributed by atoms with E-state index in [4.69, 9.17) is 23.2 Å². The third kappa shape index (κ3) is 3.18. The lowest BCUT2D eigenvalue weighted by Gasteiger charge is -2.06. The van der Waals surface area contributed by atoms with Gasteiger partial charge in [0.25, 0.3) is 0 Å². The number of aromatic hydroxyl groups is 2. The van der Waals surface area contributed by atoms with E-state index < -0.39 is 0 Å². The summed E-state index contributed by atoms with van der Waals surface area (Å²) < 4.78 is 3.07. The van der Waals surface area contributed by atoms with E-state index >= 15 is 0 Å². The van der Waals surface area contributed by atoms with Crippen molar-refractivity contribution in [1.82, 2.24) is 0 Å². The lowest BCUT2D eigenvalue weighted by molar-refractivity contribution is -0.776. The first-order valence-electron chi connectivity index (χ1n) is 8.34. The van der Waals surface area contributed by atoms with Gasteiger partial charge < -0.3 is 10.2 Å². The number of halogens is 2. The van der Waals surface area contributed by atoms with Crippen molar-refractivity contribution in [2.45, 2.75) is 6.54 Å². The zero-order valence-corrected chi connectivity index (χ0v) is 15.7. The zero-order chi connectivity index (χ0) is 19.0. The lowest BCUT2D eigenvalue weighted by atomic mass is 10.2. The van der Waals surface area contributed by atoms with Crippen molar-refractivity contribution in [3.05, 3.63) is 88.4 Å². The van der Waals surface area contributed by atoms with Crippen molar-refractivity contribution < 1.29 is 19.3 Å². The number of hydrogen-bond donors (Lipinski definition) is 2. The summed E-state index contributed by atoms with van der Waals surface area (Å²) in [6, 6.07) is 21.6. The largest absolute Gasteiger partial charge is 0.638 e. The molecule has 0 atom stereocenters. The van der Waals surface area contributed by atoms with Gasteiger partial charge in [-0.05, 0) is 22.8 Å². The Morgan fingerprint density at radius 1 is 0.815 bits per heavy atom. The van der Waals surface area contributed by atoms with E-state index in [1.54, 1.807) is 34.9 Å². The molecule has 4 rings (SSSR count). The molecule has 0 unspecified atom stereocenters. The average Bonchev–Trinajstić information content (AvgIpc) is 2.67. The summed E-state index contributed by atoms with van der Waals surface area (Å²) in [5, 5.41) is 23.6. The molecule has 134 valence electrons. The minimum atomic E-state index is -0.131. The summed E-state index contributed by atoms with van der Waals surface area (Å²) in [5.41, 5.74) is 2.09. The Bertz CT molecular complexity index is 1160. The Hall–Kier alpha value is -2.82. The molecule has 4 aromatic rings. The Labute approximate surface area is 166 Å². The normalized spacial score (nSPS) is 11.0. The van der Waals surface area contributed by atoms with Crippen LogP contribution in [0.4, 0.5) is 0 Å². The van der Waals surface area contributed by atoms with Crippen LogP contribution >= 0.6 is 23.2 Å². The second-order valence-electron chi connectivity index (χ2n) is 6.13. The van der Waals surface area contributed by atoms with Crippen molar-refractivity contribution >= 4 is 34.1 Å². The van der Waals surface area contributed by atoms with Crippen molar-refractivity contribution in [3.63, 3.8) is 0 Å². The van der Waals surface area contributed by atoms with Gasteiger partial charge in [-0.1, -0.05) is 64.2 Å². The Balaban J connectivity index is 2.02. The first-order valence-corrected chi connectivity index (χ1v) is 9.09. The standard InChI is InChI=1S/C21H14Cl2N2O2/c22-15-7-5-8-16(12-15)25-20(26)17-9-2-4-11-19(17)24(21(25)27)13-14-6-1-3-10-18(14)23/h1-12H,13H2/p+2. The Morgan fingerprint density at radius 3 is 2.33 bits per heavy atom. The van der Waals surface area contributed by atoms with Gasteiger partial charge in [0.2, 0.25) is 11.2 Å². The fourth-order valence-electron chi connectivity index (χ4n) is 3.15. The van der Waals surface area contributed by atoms with E-state index in [-0.39, 0.29) is 11.9 Å². The van der Waals surface area contributed by atoms with Crippen molar-refractivity contribution in [1.29, 1.82) is 0 Å². The van der Waals surface area contributed by atoms with Crippen LogP contribution in [0.25, 0.3) is 16.6 Å². The maximum Gasteiger partial charge on any atom is 0.638 e. The molecule has 3 aromatic carbocycles. The highest BCUT2D eigenvalue weighted by Crippen LogP contribution is 2.24. The molecular formula is C21H16Cl2N2O2+2. The fourth-order valence-corrected chi connectivity index (χ4v) is 3.53. The van der Waals surface area contributed by atoms with Crippen molar-refractivity contribution in [2.24, 2.45) is 0 Å². The molecule has 27 heavy (non-hydrogen) atoms. The number of hydrogen-bond acceptors (Lipinski definition) is 2. The minimum Gasteiger partial charge on any atom is -0.459 e. The highest BCUT2D eigenvalue weighted by molar-refractivity contribution is 6.31. The highest BCUT2D eigenvalue weighted by atomic mass is 35.5. The van der Waals surface area contributed by atoms with Crippen LogP contribution in [0.5, 0.6) is 11.9 Å². The SMILES string of the molecule is Oc1c2ccccc2[n+](Cc2ccccc2Cl)c(O)[n+]1-c1cccc(Cl)c1. The lowest BCUT2D eigenvalue weighted by Crippen LogP contribution is -2.47. The number of benzene rings is 3. The molecule has 0 amide bonds. The van der Waals surface area contributed by atoms with E-state index in [0.29, 0.717) is 33.2 Å². The Kier molecular flexibility index (Phi) is 4.60. The second-order valence-corrected chi connectivity index (χ2v) is 6.98. The monoisotopic (exact) mass is 398 g/mol. The van der Waals surface area contributed by atoms with Crippen LogP contribution in [0.3, 0.4) is 0 Å². The van der Waals surface area contributed by atoms with Gasteiger partial charge in [-0.15, -0.1) is 0 Å². The van der Waals surface area contributed by atoms with Gasteiger partial charge in [0.05, 0.1) is 5.02 Å². The number of rotatable bonds is 3. The third-order valence-electron chi connectivity index (χ3n) is 4.44. The second kappa shape index (κ2) is 7.06. The molecule has 4 nitrogen and oxygen atoms in total. The smallest absolute Gasteiger partial charge is 0.459 e. The number of fused-ring (bicyclic) bond motifs is 1. The predicted octanol–water partition coefficient (Wildman–Crippen LogP) is 4.17. The zero-order valence-electron chi connectivity index (χ0n) is 14.2. The van der Waals surface area contributed by atoms with Crippen LogP contribution in [0.1, 0.15) is 5.56 Å². The molecule has 0 bridgehead atoms. The molecular weight excluding hydrogens is 383 g/mol. The van der Waals surface area contributed by atoms with Crippen LogP contribution < -0.4 is 9.13 Å². The van der Waals surface area contributed by atoms with Crippen LogP contribution in [0, 0.1) is 0 Å². The van der Waals surface area contributed by atoms with Gasteiger partial charge in [0.15, 0.2) is 11.9 Å². The maximum atomic E-state index is 11.0. The molecule has 0 aliphatic rings. The summed E-state index contributed by atoms with van der Waals surface area (Å²) in [4.78, 5) is 0. The predicted molar refractivity (Wildman–Crippen MR) is 105 cm³/mol. The van der Waals surface area contributed by atoms with Crippen molar-refractivity contribution in [3.8, 4) is 17.6 Å². The summed E-state index contributed by atoms with van der Waals surface area (Å²) in [6.45, 7) is 0.340. The fraction of sp³-hybridized carbons (Fsp3) is 0.0476. The van der Waals surface area contributed by atoms with E-state index in [1.807, 2.05) is 42.5 Å². The molecule has 0 aliphatic carbocycles. The van der Waals surface area contributed by atoms with E-state index in [2.05, 4.69) is 0 Å².